The topological polar surface area (TPSA) is 46.5 Å². The maximum Gasteiger partial charge on any atom is 0.342 e. The van der Waals surface area contributed by atoms with E-state index in [2.05, 4.69) is 6.92 Å². The van der Waals surface area contributed by atoms with Crippen LogP contribution in [0.1, 0.15) is 70.8 Å². The highest BCUT2D eigenvalue weighted by molar-refractivity contribution is 5.81. The van der Waals surface area contributed by atoms with Crippen LogP contribution < -0.4 is 0 Å². The van der Waals surface area contributed by atoms with Crippen molar-refractivity contribution in [1.29, 1.82) is 0 Å². The number of unbranched alkanes of at least 4 members (excludes halogenated alkanes) is 5. The van der Waals surface area contributed by atoms with Gasteiger partial charge in [0.05, 0.1) is 7.11 Å². The highest BCUT2D eigenvalue weighted by atomic mass is 16.5. The van der Waals surface area contributed by atoms with Gasteiger partial charge in [-0.05, 0) is 18.4 Å². The van der Waals surface area contributed by atoms with Crippen LogP contribution in [0.3, 0.4) is 0 Å². The van der Waals surface area contributed by atoms with Crippen LogP contribution in [-0.4, -0.2) is 18.2 Å². The molecule has 1 aromatic carbocycles. The minimum absolute atomic E-state index is 0.122. The Morgan fingerprint density at radius 3 is 2.26 bits per heavy atom. The Balaban J connectivity index is 2.77. The average Bonchev–Trinajstić information content (AvgIpc) is 2.60. The van der Waals surface area contributed by atoms with Crippen molar-refractivity contribution in [3.8, 4) is 0 Å². The lowest BCUT2D eigenvalue weighted by atomic mass is 9.77. The number of hydrogen-bond acceptors (Lipinski definition) is 3. The summed E-state index contributed by atoms with van der Waals surface area (Å²) in [7, 11) is 1.34. The summed E-state index contributed by atoms with van der Waals surface area (Å²) in [5.41, 5.74) is -0.918. The Labute approximate surface area is 141 Å². The van der Waals surface area contributed by atoms with Crippen molar-refractivity contribution in [2.45, 2.75) is 70.8 Å². The Morgan fingerprint density at radius 2 is 1.70 bits per heavy atom. The van der Waals surface area contributed by atoms with Crippen LogP contribution in [-0.2, 0) is 15.1 Å². The molecule has 130 valence electrons. The molecule has 0 aliphatic carbocycles. The van der Waals surface area contributed by atoms with Gasteiger partial charge in [0.15, 0.2) is 5.60 Å². The van der Waals surface area contributed by atoms with Gasteiger partial charge >= 0.3 is 5.97 Å². The predicted molar refractivity (Wildman–Crippen MR) is 94.1 cm³/mol. The molecular formula is C20H32O3. The maximum absolute atomic E-state index is 12.3. The largest absolute Gasteiger partial charge is 0.467 e. The van der Waals surface area contributed by atoms with E-state index >= 15 is 0 Å². The molecule has 0 amide bonds. The van der Waals surface area contributed by atoms with Crippen molar-refractivity contribution in [3.05, 3.63) is 35.9 Å². The number of aliphatic hydroxyl groups is 1. The minimum Gasteiger partial charge on any atom is -0.467 e. The second kappa shape index (κ2) is 10.4. The van der Waals surface area contributed by atoms with Crippen LogP contribution in [0.4, 0.5) is 0 Å². The fraction of sp³-hybridized carbons (Fsp3) is 0.650. The van der Waals surface area contributed by atoms with Crippen molar-refractivity contribution >= 4 is 5.97 Å². The Bertz CT molecular complexity index is 443. The summed E-state index contributed by atoms with van der Waals surface area (Å²) in [4.78, 5) is 12.3. The molecule has 1 aromatic rings. The predicted octanol–water partition coefficient (Wildman–Crippen LogP) is 4.82. The van der Waals surface area contributed by atoms with Crippen molar-refractivity contribution in [2.75, 3.05) is 7.11 Å². The maximum atomic E-state index is 12.3. The highest BCUT2D eigenvalue weighted by Crippen LogP contribution is 2.36. The standard InChI is InChI=1S/C20H32O3/c1-4-6-7-8-9-11-14-17(5-2)20(22,19(21)23-3)18-15-12-10-13-16-18/h10,12-13,15-17,22H,4-9,11,14H2,1-3H3. The molecule has 23 heavy (non-hydrogen) atoms. The quantitative estimate of drug-likeness (QED) is 0.469. The number of ether oxygens (including phenoxy) is 1. The number of benzene rings is 1. The third-order valence-electron chi connectivity index (χ3n) is 4.70. The van der Waals surface area contributed by atoms with E-state index < -0.39 is 11.6 Å². The van der Waals surface area contributed by atoms with E-state index in [-0.39, 0.29) is 5.92 Å². The van der Waals surface area contributed by atoms with Crippen LogP contribution in [0.25, 0.3) is 0 Å². The molecule has 0 aliphatic heterocycles. The molecule has 1 rings (SSSR count). The molecule has 0 saturated heterocycles. The first-order chi connectivity index (χ1) is 11.1. The van der Waals surface area contributed by atoms with Gasteiger partial charge in [0.1, 0.15) is 0 Å². The van der Waals surface area contributed by atoms with E-state index in [0.29, 0.717) is 5.56 Å². The molecule has 3 nitrogen and oxygen atoms in total. The molecule has 1 N–H and O–H groups in total. The molecule has 0 spiro atoms. The molecular weight excluding hydrogens is 288 g/mol. The summed E-state index contributed by atoms with van der Waals surface area (Å²) < 4.78 is 4.92. The lowest BCUT2D eigenvalue weighted by Gasteiger charge is -2.33. The summed E-state index contributed by atoms with van der Waals surface area (Å²) >= 11 is 0. The zero-order valence-electron chi connectivity index (χ0n) is 14.9. The van der Waals surface area contributed by atoms with Crippen LogP contribution in [0.5, 0.6) is 0 Å². The van der Waals surface area contributed by atoms with Gasteiger partial charge < -0.3 is 9.84 Å². The Kier molecular flexibility index (Phi) is 8.93. The van der Waals surface area contributed by atoms with Gasteiger partial charge in [0.25, 0.3) is 0 Å². The monoisotopic (exact) mass is 320 g/mol. The lowest BCUT2D eigenvalue weighted by molar-refractivity contribution is -0.171. The van der Waals surface area contributed by atoms with Crippen LogP contribution in [0, 0.1) is 5.92 Å². The molecule has 2 unspecified atom stereocenters. The molecule has 0 radical (unpaired) electrons. The van der Waals surface area contributed by atoms with Gasteiger partial charge in [0.2, 0.25) is 0 Å². The third-order valence-corrected chi connectivity index (χ3v) is 4.70. The van der Waals surface area contributed by atoms with Gasteiger partial charge in [0, 0.05) is 5.92 Å². The minimum atomic E-state index is -1.55. The zero-order valence-corrected chi connectivity index (χ0v) is 14.9. The third kappa shape index (κ3) is 5.35. The molecule has 0 saturated carbocycles. The van der Waals surface area contributed by atoms with E-state index in [9.17, 15) is 9.90 Å². The smallest absolute Gasteiger partial charge is 0.342 e. The summed E-state index contributed by atoms with van der Waals surface area (Å²) in [6, 6.07) is 9.19. The summed E-state index contributed by atoms with van der Waals surface area (Å²) in [6.45, 7) is 4.24. The second-order valence-corrected chi connectivity index (χ2v) is 6.29. The molecule has 0 bridgehead atoms. The van der Waals surface area contributed by atoms with Gasteiger partial charge in [-0.3, -0.25) is 0 Å². The number of carbonyl (C=O) groups is 1. The highest BCUT2D eigenvalue weighted by Gasteiger charge is 2.45. The van der Waals surface area contributed by atoms with E-state index in [1.54, 1.807) is 12.1 Å². The van der Waals surface area contributed by atoms with Gasteiger partial charge in [-0.15, -0.1) is 0 Å². The Hall–Kier alpha value is -1.35. The van der Waals surface area contributed by atoms with Crippen molar-refractivity contribution < 1.29 is 14.6 Å². The van der Waals surface area contributed by atoms with Crippen molar-refractivity contribution in [2.24, 2.45) is 5.92 Å². The molecule has 0 heterocycles. The number of rotatable bonds is 11. The van der Waals surface area contributed by atoms with E-state index in [4.69, 9.17) is 4.74 Å². The normalized spacial score (nSPS) is 15.0. The van der Waals surface area contributed by atoms with Crippen LogP contribution in [0.2, 0.25) is 0 Å². The van der Waals surface area contributed by atoms with Gasteiger partial charge in [-0.1, -0.05) is 82.7 Å². The summed E-state index contributed by atoms with van der Waals surface area (Å²) in [6.07, 6.45) is 8.80. The van der Waals surface area contributed by atoms with Crippen molar-refractivity contribution in [3.63, 3.8) is 0 Å². The van der Waals surface area contributed by atoms with Crippen molar-refractivity contribution in [1.82, 2.24) is 0 Å². The van der Waals surface area contributed by atoms with Crippen LogP contribution >= 0.6 is 0 Å². The molecule has 0 fully saturated rings. The van der Waals surface area contributed by atoms with E-state index in [1.807, 2.05) is 25.1 Å². The van der Waals surface area contributed by atoms with Crippen LogP contribution in [0.15, 0.2) is 30.3 Å². The first-order valence-corrected chi connectivity index (χ1v) is 8.97. The number of methoxy groups -OCH3 is 1. The fourth-order valence-electron chi connectivity index (χ4n) is 3.25. The molecule has 2 atom stereocenters. The van der Waals surface area contributed by atoms with E-state index in [0.717, 1.165) is 25.7 Å². The zero-order chi connectivity index (χ0) is 17.1. The summed E-state index contributed by atoms with van der Waals surface area (Å²) in [5.74, 6) is -0.676. The molecule has 3 heteroatoms. The van der Waals surface area contributed by atoms with Gasteiger partial charge in [-0.2, -0.15) is 0 Å². The first-order valence-electron chi connectivity index (χ1n) is 8.97. The molecule has 0 aliphatic rings. The second-order valence-electron chi connectivity index (χ2n) is 6.29. The number of hydrogen-bond donors (Lipinski definition) is 1. The fourth-order valence-corrected chi connectivity index (χ4v) is 3.25. The average molecular weight is 320 g/mol. The Morgan fingerprint density at radius 1 is 1.09 bits per heavy atom. The molecule has 0 aromatic heterocycles. The van der Waals surface area contributed by atoms with Gasteiger partial charge in [-0.25, -0.2) is 4.79 Å². The SMILES string of the molecule is CCCCCCCCC(CC)C(O)(C(=O)OC)c1ccccc1. The van der Waals surface area contributed by atoms with E-state index in [1.165, 1.54) is 32.8 Å². The first kappa shape index (κ1) is 19.7. The number of carbonyl (C=O) groups excluding carboxylic acids is 1. The lowest BCUT2D eigenvalue weighted by Crippen LogP contribution is -2.43. The summed E-state index contributed by atoms with van der Waals surface area (Å²) in [5, 5.41) is 11.2. The number of esters is 1.